The Morgan fingerprint density at radius 1 is 1.38 bits per heavy atom. The molecule has 1 saturated carbocycles. The third kappa shape index (κ3) is 2.57. The van der Waals surface area contributed by atoms with Crippen molar-refractivity contribution in [3.05, 3.63) is 12.5 Å². The molecule has 3 aliphatic rings. The number of likely N-dealkylation sites (tertiary alicyclic amines) is 2. The zero-order valence-corrected chi connectivity index (χ0v) is 14.3. The van der Waals surface area contributed by atoms with Crippen LogP contribution < -0.4 is 5.32 Å². The summed E-state index contributed by atoms with van der Waals surface area (Å²) in [5.74, 6) is 1.64. The number of ether oxygens (including phenoxy) is 1. The van der Waals surface area contributed by atoms with E-state index < -0.39 is 0 Å². The highest BCUT2D eigenvalue weighted by Gasteiger charge is 2.64. The van der Waals surface area contributed by atoms with Gasteiger partial charge in [0.1, 0.15) is 5.60 Å². The summed E-state index contributed by atoms with van der Waals surface area (Å²) in [5, 5.41) is 3.32. The molecule has 3 rings (SSSR count). The minimum Gasteiger partial charge on any atom is -0.474 e. The molecule has 0 radical (unpaired) electrons. The first-order valence-electron chi connectivity index (χ1n) is 8.29. The van der Waals surface area contributed by atoms with Crippen LogP contribution >= 0.6 is 0 Å². The second-order valence-electron chi connectivity index (χ2n) is 8.31. The molecule has 0 amide bonds. The number of hydrogen-bond acceptors (Lipinski definition) is 4. The first kappa shape index (κ1) is 15.2. The van der Waals surface area contributed by atoms with E-state index in [-0.39, 0.29) is 5.60 Å². The topological polar surface area (TPSA) is 27.5 Å². The molecule has 0 aromatic rings. The van der Waals surface area contributed by atoms with Crippen molar-refractivity contribution in [2.75, 3.05) is 26.8 Å². The number of fused-ring (bicyclic) bond motifs is 3. The molecule has 21 heavy (non-hydrogen) atoms. The first-order valence-corrected chi connectivity index (χ1v) is 8.29. The molecule has 0 aromatic carbocycles. The molecule has 120 valence electrons. The predicted molar refractivity (Wildman–Crippen MR) is 85.7 cm³/mol. The highest BCUT2D eigenvalue weighted by molar-refractivity contribution is 5.19. The molecule has 1 aliphatic carbocycles. The van der Waals surface area contributed by atoms with Crippen molar-refractivity contribution in [2.24, 2.45) is 11.3 Å². The maximum absolute atomic E-state index is 6.00. The maximum atomic E-state index is 6.00. The average Bonchev–Trinajstić information content (AvgIpc) is 2.93. The number of hydrogen-bond donors (Lipinski definition) is 1. The van der Waals surface area contributed by atoms with Gasteiger partial charge in [0.25, 0.3) is 0 Å². The van der Waals surface area contributed by atoms with Crippen LogP contribution in [0.4, 0.5) is 0 Å². The van der Waals surface area contributed by atoms with Gasteiger partial charge < -0.3 is 15.0 Å². The van der Waals surface area contributed by atoms with Crippen LogP contribution in [-0.2, 0) is 4.74 Å². The van der Waals surface area contributed by atoms with E-state index in [1.54, 1.807) is 0 Å². The van der Waals surface area contributed by atoms with E-state index in [1.165, 1.54) is 12.8 Å². The molecular formula is C17H31N3O. The Morgan fingerprint density at radius 2 is 2.10 bits per heavy atom. The number of nitrogens with zero attached hydrogens (tertiary/aromatic N) is 2. The lowest BCUT2D eigenvalue weighted by Crippen LogP contribution is -2.38. The third-order valence-corrected chi connectivity index (χ3v) is 5.57. The summed E-state index contributed by atoms with van der Waals surface area (Å²) in [4.78, 5) is 5.02. The largest absolute Gasteiger partial charge is 0.474 e. The van der Waals surface area contributed by atoms with Crippen LogP contribution in [0.5, 0.6) is 0 Å². The molecule has 3 fully saturated rings. The first-order chi connectivity index (χ1) is 9.76. The lowest BCUT2D eigenvalue weighted by Gasteiger charge is -2.34. The second-order valence-corrected chi connectivity index (χ2v) is 8.31. The van der Waals surface area contributed by atoms with Gasteiger partial charge in [-0.15, -0.1) is 0 Å². The molecule has 0 aromatic heterocycles. The van der Waals surface area contributed by atoms with Gasteiger partial charge in [-0.1, -0.05) is 6.92 Å². The molecule has 2 aliphatic heterocycles. The summed E-state index contributed by atoms with van der Waals surface area (Å²) in [6.07, 6.45) is 2.70. The summed E-state index contributed by atoms with van der Waals surface area (Å²) < 4.78 is 6.00. The van der Waals surface area contributed by atoms with E-state index in [9.17, 15) is 0 Å². The van der Waals surface area contributed by atoms with Gasteiger partial charge >= 0.3 is 0 Å². The van der Waals surface area contributed by atoms with Crippen LogP contribution in [0.1, 0.15) is 40.5 Å². The van der Waals surface area contributed by atoms with Crippen molar-refractivity contribution in [1.29, 1.82) is 0 Å². The van der Waals surface area contributed by atoms with Crippen LogP contribution in [0, 0.1) is 11.3 Å². The van der Waals surface area contributed by atoms with Crippen LogP contribution in [0.3, 0.4) is 0 Å². The normalized spacial score (nSPS) is 41.5. The van der Waals surface area contributed by atoms with E-state index in [0.29, 0.717) is 5.41 Å². The molecule has 2 saturated heterocycles. The van der Waals surface area contributed by atoms with E-state index >= 15 is 0 Å². The molecule has 4 heteroatoms. The van der Waals surface area contributed by atoms with Gasteiger partial charge in [0.05, 0.1) is 0 Å². The lowest BCUT2D eigenvalue weighted by atomic mass is 9.69. The Hall–Kier alpha value is -0.740. The van der Waals surface area contributed by atoms with Gasteiger partial charge in [-0.3, -0.25) is 4.90 Å². The van der Waals surface area contributed by atoms with Crippen molar-refractivity contribution in [3.63, 3.8) is 0 Å². The Bertz CT molecular complexity index is 430. The fourth-order valence-corrected chi connectivity index (χ4v) is 4.69. The maximum Gasteiger partial charge on any atom is 0.182 e. The van der Waals surface area contributed by atoms with Gasteiger partial charge in [-0.05, 0) is 53.2 Å². The van der Waals surface area contributed by atoms with Gasteiger partial charge in [0.15, 0.2) is 5.88 Å². The number of nitrogens with one attached hydrogen (secondary N) is 1. The van der Waals surface area contributed by atoms with Gasteiger partial charge in [0.2, 0.25) is 0 Å². The fraction of sp³-hybridized carbons (Fsp3) is 0.882. The standard InChI is InChI=1S/C17H31N3O/c1-12(21-16(2,3)4)19-9-13-7-8-14-15(17(13,5)10-19)20(14)11-18-6/h13-15,18H,1,7-11H2,2-6H3/t13?,14-,15-,17-,20?/m1/s1. The summed E-state index contributed by atoms with van der Waals surface area (Å²) in [7, 11) is 2.05. The van der Waals surface area contributed by atoms with Crippen molar-refractivity contribution in [3.8, 4) is 0 Å². The Balaban J connectivity index is 1.69. The average molecular weight is 293 g/mol. The zero-order chi connectivity index (χ0) is 15.4. The highest BCUT2D eigenvalue weighted by atomic mass is 16.5. The minimum absolute atomic E-state index is 0.161. The highest BCUT2D eigenvalue weighted by Crippen LogP contribution is 2.57. The zero-order valence-electron chi connectivity index (χ0n) is 14.3. The Morgan fingerprint density at radius 3 is 2.71 bits per heavy atom. The summed E-state index contributed by atoms with van der Waals surface area (Å²) in [5.41, 5.74) is 0.232. The summed E-state index contributed by atoms with van der Waals surface area (Å²) in [6.45, 7) is 16.2. The van der Waals surface area contributed by atoms with Crippen molar-refractivity contribution >= 4 is 0 Å². The molecule has 2 unspecified atom stereocenters. The summed E-state index contributed by atoms with van der Waals surface area (Å²) >= 11 is 0. The monoisotopic (exact) mass is 293 g/mol. The second kappa shape index (κ2) is 4.88. The van der Waals surface area contributed by atoms with Crippen LogP contribution in [-0.4, -0.2) is 54.3 Å². The van der Waals surface area contributed by atoms with Crippen LogP contribution in [0.25, 0.3) is 0 Å². The van der Waals surface area contributed by atoms with Crippen molar-refractivity contribution in [2.45, 2.75) is 58.2 Å². The molecule has 4 nitrogen and oxygen atoms in total. The van der Waals surface area contributed by atoms with E-state index in [0.717, 1.165) is 43.6 Å². The minimum atomic E-state index is -0.161. The van der Waals surface area contributed by atoms with E-state index in [2.05, 4.69) is 49.4 Å². The molecule has 0 bridgehead atoms. The molecule has 1 N–H and O–H groups in total. The lowest BCUT2D eigenvalue weighted by molar-refractivity contribution is 0.00605. The van der Waals surface area contributed by atoms with Crippen molar-refractivity contribution in [1.82, 2.24) is 15.1 Å². The van der Waals surface area contributed by atoms with Crippen LogP contribution in [0.15, 0.2) is 12.5 Å². The smallest absolute Gasteiger partial charge is 0.182 e. The molecular weight excluding hydrogens is 262 g/mol. The SMILES string of the molecule is C=C(OC(C)(C)C)N1CC2CC[C@@H]3[C@@H](N3CNC)[C@]2(C)C1. The van der Waals surface area contributed by atoms with Crippen LogP contribution in [0.2, 0.25) is 0 Å². The van der Waals surface area contributed by atoms with Crippen molar-refractivity contribution < 1.29 is 4.74 Å². The quantitative estimate of drug-likeness (QED) is 0.635. The van der Waals surface area contributed by atoms with E-state index in [4.69, 9.17) is 4.74 Å². The predicted octanol–water partition coefficient (Wildman–Crippen LogP) is 2.23. The fourth-order valence-electron chi connectivity index (χ4n) is 4.69. The Labute approximate surface area is 129 Å². The molecule has 0 spiro atoms. The van der Waals surface area contributed by atoms with Gasteiger partial charge in [-0.2, -0.15) is 0 Å². The number of rotatable bonds is 4. The van der Waals surface area contributed by atoms with Gasteiger partial charge in [0, 0.05) is 37.3 Å². The summed E-state index contributed by atoms with van der Waals surface area (Å²) in [6, 6.07) is 1.55. The molecule has 5 atom stereocenters. The third-order valence-electron chi connectivity index (χ3n) is 5.57. The van der Waals surface area contributed by atoms with E-state index in [1.807, 2.05) is 7.05 Å². The molecule has 2 heterocycles. The Kier molecular flexibility index (Phi) is 3.53. The van der Waals surface area contributed by atoms with Gasteiger partial charge in [-0.25, -0.2) is 0 Å².